The maximum absolute atomic E-state index is 12.2. The molecule has 0 spiro atoms. The summed E-state index contributed by atoms with van der Waals surface area (Å²) in [5, 5.41) is 0. The molecule has 2 heterocycles. The zero-order valence-corrected chi connectivity index (χ0v) is 10.0. The molecule has 0 N–H and O–H groups in total. The molecular formula is C12H16F3N3. The van der Waals surface area contributed by atoms with E-state index >= 15 is 0 Å². The summed E-state index contributed by atoms with van der Waals surface area (Å²) in [4.78, 5) is 7.57. The first-order valence-corrected chi connectivity index (χ1v) is 5.93. The van der Waals surface area contributed by atoms with Crippen LogP contribution >= 0.6 is 0 Å². The van der Waals surface area contributed by atoms with Gasteiger partial charge in [-0.1, -0.05) is 0 Å². The van der Waals surface area contributed by atoms with Gasteiger partial charge in [0, 0.05) is 45.1 Å². The number of nitrogens with zero attached hydrogens (tertiary/aromatic N) is 3. The van der Waals surface area contributed by atoms with Crippen molar-refractivity contribution in [3.05, 3.63) is 30.1 Å². The molecule has 1 aromatic heterocycles. The Kier molecular flexibility index (Phi) is 4.19. The van der Waals surface area contributed by atoms with Gasteiger partial charge in [0.1, 0.15) is 0 Å². The van der Waals surface area contributed by atoms with Gasteiger partial charge < -0.3 is 0 Å². The van der Waals surface area contributed by atoms with Crippen LogP contribution in [0, 0.1) is 0 Å². The molecule has 0 bridgehead atoms. The third-order valence-electron chi connectivity index (χ3n) is 3.02. The SMILES string of the molecule is FC(F)(F)CN1CCN(Cc2ccncc2)CC1. The van der Waals surface area contributed by atoms with Gasteiger partial charge in [-0.2, -0.15) is 13.2 Å². The summed E-state index contributed by atoms with van der Waals surface area (Å²) >= 11 is 0. The van der Waals surface area contributed by atoms with Crippen molar-refractivity contribution < 1.29 is 13.2 Å². The fourth-order valence-electron chi connectivity index (χ4n) is 2.11. The van der Waals surface area contributed by atoms with Crippen molar-refractivity contribution in [1.82, 2.24) is 14.8 Å². The average molecular weight is 259 g/mol. The number of alkyl halides is 3. The van der Waals surface area contributed by atoms with Crippen LogP contribution in [0.3, 0.4) is 0 Å². The third-order valence-corrected chi connectivity index (χ3v) is 3.02. The van der Waals surface area contributed by atoms with Crippen molar-refractivity contribution in [3.63, 3.8) is 0 Å². The number of piperazine rings is 1. The number of pyridine rings is 1. The topological polar surface area (TPSA) is 19.4 Å². The molecule has 100 valence electrons. The minimum Gasteiger partial charge on any atom is -0.297 e. The van der Waals surface area contributed by atoms with Gasteiger partial charge in [-0.3, -0.25) is 14.8 Å². The molecule has 0 radical (unpaired) electrons. The number of rotatable bonds is 3. The quantitative estimate of drug-likeness (QED) is 0.824. The molecule has 18 heavy (non-hydrogen) atoms. The maximum Gasteiger partial charge on any atom is 0.401 e. The van der Waals surface area contributed by atoms with E-state index in [1.165, 1.54) is 4.90 Å². The van der Waals surface area contributed by atoms with Gasteiger partial charge in [-0.05, 0) is 17.7 Å². The predicted molar refractivity (Wildman–Crippen MR) is 62.0 cm³/mol. The summed E-state index contributed by atoms with van der Waals surface area (Å²) in [5.41, 5.74) is 1.15. The standard InChI is InChI=1S/C12H16F3N3/c13-12(14,15)10-18-7-5-17(6-8-18)9-11-1-3-16-4-2-11/h1-4H,5-10H2. The zero-order chi connectivity index (χ0) is 13.0. The van der Waals surface area contributed by atoms with Crippen LogP contribution in [0.1, 0.15) is 5.56 Å². The Hall–Kier alpha value is -1.14. The molecule has 1 fully saturated rings. The van der Waals surface area contributed by atoms with Crippen molar-refractivity contribution >= 4 is 0 Å². The average Bonchev–Trinajstić information content (AvgIpc) is 2.31. The molecule has 0 unspecified atom stereocenters. The van der Waals surface area contributed by atoms with Gasteiger partial charge >= 0.3 is 6.18 Å². The fourth-order valence-corrected chi connectivity index (χ4v) is 2.11. The predicted octanol–water partition coefficient (Wildman–Crippen LogP) is 1.76. The Bertz CT molecular complexity index is 359. The van der Waals surface area contributed by atoms with E-state index in [0.29, 0.717) is 26.2 Å². The molecule has 1 saturated heterocycles. The molecule has 2 rings (SSSR count). The third kappa shape index (κ3) is 4.27. The fraction of sp³-hybridized carbons (Fsp3) is 0.583. The first-order valence-electron chi connectivity index (χ1n) is 5.93. The van der Waals surface area contributed by atoms with Gasteiger partial charge in [0.15, 0.2) is 0 Å². The number of aromatic nitrogens is 1. The minimum atomic E-state index is -4.09. The highest BCUT2D eigenvalue weighted by Gasteiger charge is 2.31. The van der Waals surface area contributed by atoms with Crippen LogP contribution in [-0.2, 0) is 6.54 Å². The summed E-state index contributed by atoms with van der Waals surface area (Å²) in [6.45, 7) is 2.30. The highest BCUT2D eigenvalue weighted by Crippen LogP contribution is 2.17. The minimum absolute atomic E-state index is 0.477. The second-order valence-electron chi connectivity index (χ2n) is 4.52. The summed E-state index contributed by atoms with van der Waals surface area (Å²) in [5.74, 6) is 0. The van der Waals surface area contributed by atoms with E-state index in [1.807, 2.05) is 12.1 Å². The van der Waals surface area contributed by atoms with E-state index in [2.05, 4.69) is 9.88 Å². The van der Waals surface area contributed by atoms with E-state index in [9.17, 15) is 13.2 Å². The summed E-state index contributed by atoms with van der Waals surface area (Å²) < 4.78 is 36.7. The molecule has 3 nitrogen and oxygen atoms in total. The van der Waals surface area contributed by atoms with Crippen LogP contribution in [0.25, 0.3) is 0 Å². The van der Waals surface area contributed by atoms with Gasteiger partial charge in [0.05, 0.1) is 6.54 Å². The van der Waals surface area contributed by atoms with Gasteiger partial charge in [-0.25, -0.2) is 0 Å². The monoisotopic (exact) mass is 259 g/mol. The Morgan fingerprint density at radius 1 is 1.00 bits per heavy atom. The van der Waals surface area contributed by atoms with Crippen molar-refractivity contribution in [3.8, 4) is 0 Å². The lowest BCUT2D eigenvalue weighted by Gasteiger charge is -2.34. The van der Waals surface area contributed by atoms with Crippen LogP contribution in [0.4, 0.5) is 13.2 Å². The molecule has 1 aliphatic rings. The highest BCUT2D eigenvalue weighted by atomic mass is 19.4. The number of hydrogen-bond acceptors (Lipinski definition) is 3. The normalized spacial score (nSPS) is 19.1. The van der Waals surface area contributed by atoms with E-state index in [-0.39, 0.29) is 0 Å². The van der Waals surface area contributed by atoms with Crippen molar-refractivity contribution in [2.75, 3.05) is 32.7 Å². The van der Waals surface area contributed by atoms with E-state index < -0.39 is 12.7 Å². The second-order valence-corrected chi connectivity index (χ2v) is 4.52. The van der Waals surface area contributed by atoms with Crippen molar-refractivity contribution in [2.24, 2.45) is 0 Å². The molecule has 6 heteroatoms. The maximum atomic E-state index is 12.2. The molecule has 0 atom stereocenters. The Balaban J connectivity index is 1.77. The highest BCUT2D eigenvalue weighted by molar-refractivity contribution is 5.09. The Labute approximate surface area is 104 Å². The molecule has 1 aromatic rings. The molecular weight excluding hydrogens is 243 g/mol. The van der Waals surface area contributed by atoms with Crippen LogP contribution in [0.2, 0.25) is 0 Å². The lowest BCUT2D eigenvalue weighted by molar-refractivity contribution is -0.149. The lowest BCUT2D eigenvalue weighted by Crippen LogP contribution is -2.48. The van der Waals surface area contributed by atoms with Gasteiger partial charge in [-0.15, -0.1) is 0 Å². The molecule has 0 aliphatic carbocycles. The van der Waals surface area contributed by atoms with Crippen LogP contribution < -0.4 is 0 Å². The first-order chi connectivity index (χ1) is 8.53. The first kappa shape index (κ1) is 13.3. The summed E-state index contributed by atoms with van der Waals surface area (Å²) in [6.07, 6.45) is -0.627. The molecule has 0 aromatic carbocycles. The van der Waals surface area contributed by atoms with Crippen LogP contribution in [-0.4, -0.2) is 53.7 Å². The second kappa shape index (κ2) is 5.67. The smallest absolute Gasteiger partial charge is 0.297 e. The molecule has 0 saturated carbocycles. The van der Waals surface area contributed by atoms with Gasteiger partial charge in [0.2, 0.25) is 0 Å². The van der Waals surface area contributed by atoms with Gasteiger partial charge in [0.25, 0.3) is 0 Å². The van der Waals surface area contributed by atoms with Crippen molar-refractivity contribution in [1.29, 1.82) is 0 Å². The summed E-state index contributed by atoms with van der Waals surface area (Å²) in [6, 6.07) is 3.87. The van der Waals surface area contributed by atoms with E-state index in [4.69, 9.17) is 0 Å². The number of halogens is 3. The van der Waals surface area contributed by atoms with Crippen LogP contribution in [0.15, 0.2) is 24.5 Å². The zero-order valence-electron chi connectivity index (χ0n) is 10.0. The van der Waals surface area contributed by atoms with Crippen LogP contribution in [0.5, 0.6) is 0 Å². The largest absolute Gasteiger partial charge is 0.401 e. The lowest BCUT2D eigenvalue weighted by atomic mass is 10.2. The summed E-state index contributed by atoms with van der Waals surface area (Å²) in [7, 11) is 0. The number of hydrogen-bond donors (Lipinski definition) is 0. The Morgan fingerprint density at radius 3 is 2.11 bits per heavy atom. The molecule has 1 aliphatic heterocycles. The van der Waals surface area contributed by atoms with Crippen molar-refractivity contribution in [2.45, 2.75) is 12.7 Å². The van der Waals surface area contributed by atoms with E-state index in [1.54, 1.807) is 12.4 Å². The Morgan fingerprint density at radius 2 is 1.56 bits per heavy atom. The van der Waals surface area contributed by atoms with E-state index in [0.717, 1.165) is 12.1 Å². The molecule has 0 amide bonds.